The number of anilines is 1. The van der Waals surface area contributed by atoms with Gasteiger partial charge in [0.2, 0.25) is 0 Å². The lowest BCUT2D eigenvalue weighted by molar-refractivity contribution is 0.112. The molecule has 0 saturated heterocycles. The molecule has 0 aliphatic rings. The number of aryl methyl sites for hydroxylation is 2. The molecule has 0 N–H and O–H groups in total. The number of halogens is 1. The topological polar surface area (TPSA) is 38.1 Å². The number of benzene rings is 1. The Labute approximate surface area is 121 Å². The molecule has 1 aromatic heterocycles. The van der Waals surface area contributed by atoms with Crippen molar-refractivity contribution < 1.29 is 4.79 Å². The molecule has 0 radical (unpaired) electrons. The van der Waals surface area contributed by atoms with Crippen LogP contribution in [0.15, 0.2) is 28.7 Å². The second kappa shape index (κ2) is 5.57. The molecule has 0 aliphatic carbocycles. The third-order valence-electron chi connectivity index (χ3n) is 3.03. The Kier molecular flexibility index (Phi) is 4.04. The second-order valence-electron chi connectivity index (χ2n) is 4.55. The van der Waals surface area contributed by atoms with Crippen LogP contribution in [0.5, 0.6) is 0 Å². The van der Waals surface area contributed by atoms with Crippen LogP contribution in [0, 0.1) is 6.92 Å². The SMILES string of the molecule is Cc1nn(C)c(N(C)Cc2cccc(Br)c2)c1C=O. The molecule has 4 nitrogen and oxygen atoms in total. The Morgan fingerprint density at radius 2 is 2.21 bits per heavy atom. The third-order valence-corrected chi connectivity index (χ3v) is 3.52. The van der Waals surface area contributed by atoms with Crippen LogP contribution in [0.4, 0.5) is 5.82 Å². The fourth-order valence-electron chi connectivity index (χ4n) is 2.24. The summed E-state index contributed by atoms with van der Waals surface area (Å²) in [4.78, 5) is 13.2. The first-order chi connectivity index (χ1) is 9.02. The summed E-state index contributed by atoms with van der Waals surface area (Å²) in [5, 5.41) is 4.30. The van der Waals surface area contributed by atoms with Gasteiger partial charge >= 0.3 is 0 Å². The molecule has 2 rings (SSSR count). The quantitative estimate of drug-likeness (QED) is 0.813. The van der Waals surface area contributed by atoms with Crippen molar-refractivity contribution in [2.24, 2.45) is 7.05 Å². The van der Waals surface area contributed by atoms with E-state index >= 15 is 0 Å². The number of hydrogen-bond donors (Lipinski definition) is 0. The molecular weight excluding hydrogens is 306 g/mol. The Bertz CT molecular complexity index is 607. The highest BCUT2D eigenvalue weighted by atomic mass is 79.9. The Hall–Kier alpha value is -1.62. The summed E-state index contributed by atoms with van der Waals surface area (Å²) in [6, 6.07) is 8.13. The fraction of sp³-hybridized carbons (Fsp3) is 0.286. The zero-order chi connectivity index (χ0) is 14.0. The van der Waals surface area contributed by atoms with E-state index in [4.69, 9.17) is 0 Å². The average Bonchev–Trinajstić information content (AvgIpc) is 2.63. The van der Waals surface area contributed by atoms with Crippen molar-refractivity contribution in [2.45, 2.75) is 13.5 Å². The minimum absolute atomic E-state index is 0.653. The van der Waals surface area contributed by atoms with Gasteiger partial charge in [0.1, 0.15) is 5.82 Å². The van der Waals surface area contributed by atoms with Gasteiger partial charge < -0.3 is 4.90 Å². The van der Waals surface area contributed by atoms with Crippen molar-refractivity contribution >= 4 is 28.0 Å². The van der Waals surface area contributed by atoms with Crippen LogP contribution in [-0.4, -0.2) is 23.1 Å². The lowest BCUT2D eigenvalue weighted by Crippen LogP contribution is -2.20. The van der Waals surface area contributed by atoms with Crippen LogP contribution in [0.3, 0.4) is 0 Å². The van der Waals surface area contributed by atoms with E-state index in [1.54, 1.807) is 4.68 Å². The predicted molar refractivity (Wildman–Crippen MR) is 79.6 cm³/mol. The zero-order valence-electron chi connectivity index (χ0n) is 11.2. The number of carbonyl (C=O) groups excluding carboxylic acids is 1. The Morgan fingerprint density at radius 1 is 1.47 bits per heavy atom. The highest BCUT2D eigenvalue weighted by molar-refractivity contribution is 9.10. The molecule has 0 atom stereocenters. The van der Waals surface area contributed by atoms with E-state index in [1.807, 2.05) is 38.1 Å². The van der Waals surface area contributed by atoms with Crippen molar-refractivity contribution in [3.63, 3.8) is 0 Å². The Morgan fingerprint density at radius 3 is 2.84 bits per heavy atom. The van der Waals surface area contributed by atoms with E-state index in [1.165, 1.54) is 5.56 Å². The van der Waals surface area contributed by atoms with E-state index in [2.05, 4.69) is 33.2 Å². The zero-order valence-corrected chi connectivity index (χ0v) is 12.8. The Balaban J connectivity index is 2.30. The summed E-state index contributed by atoms with van der Waals surface area (Å²) in [5.41, 5.74) is 2.58. The first-order valence-electron chi connectivity index (χ1n) is 5.97. The molecule has 0 fully saturated rings. The van der Waals surface area contributed by atoms with Gasteiger partial charge in [-0.3, -0.25) is 9.48 Å². The number of aromatic nitrogens is 2. The van der Waals surface area contributed by atoms with Gasteiger partial charge in [-0.25, -0.2) is 0 Å². The molecule has 2 aromatic rings. The molecule has 0 saturated carbocycles. The van der Waals surface area contributed by atoms with Gasteiger partial charge in [-0.2, -0.15) is 5.10 Å². The molecule has 1 aromatic carbocycles. The van der Waals surface area contributed by atoms with Crippen molar-refractivity contribution in [3.8, 4) is 0 Å². The predicted octanol–water partition coefficient (Wildman–Crippen LogP) is 2.94. The fourth-order valence-corrected chi connectivity index (χ4v) is 2.68. The molecule has 19 heavy (non-hydrogen) atoms. The smallest absolute Gasteiger partial charge is 0.155 e. The highest BCUT2D eigenvalue weighted by Crippen LogP contribution is 2.22. The summed E-state index contributed by atoms with van der Waals surface area (Å²) < 4.78 is 2.80. The summed E-state index contributed by atoms with van der Waals surface area (Å²) >= 11 is 3.46. The molecular formula is C14H16BrN3O. The molecule has 0 spiro atoms. The van der Waals surface area contributed by atoms with Crippen molar-refractivity contribution in [1.82, 2.24) is 9.78 Å². The maximum absolute atomic E-state index is 11.2. The molecule has 5 heteroatoms. The largest absolute Gasteiger partial charge is 0.355 e. The van der Waals surface area contributed by atoms with Crippen molar-refractivity contribution in [3.05, 3.63) is 45.6 Å². The van der Waals surface area contributed by atoms with Gasteiger partial charge in [0.15, 0.2) is 6.29 Å². The van der Waals surface area contributed by atoms with E-state index in [9.17, 15) is 4.79 Å². The molecule has 1 heterocycles. The number of nitrogens with zero attached hydrogens (tertiary/aromatic N) is 3. The number of hydrogen-bond acceptors (Lipinski definition) is 3. The van der Waals surface area contributed by atoms with Gasteiger partial charge in [0, 0.05) is 25.1 Å². The molecule has 0 bridgehead atoms. The lowest BCUT2D eigenvalue weighted by atomic mass is 10.2. The molecule has 0 aliphatic heterocycles. The summed E-state index contributed by atoms with van der Waals surface area (Å²) in [6.07, 6.45) is 0.870. The highest BCUT2D eigenvalue weighted by Gasteiger charge is 2.16. The third kappa shape index (κ3) is 2.87. The number of carbonyl (C=O) groups is 1. The van der Waals surface area contributed by atoms with Gasteiger partial charge in [-0.1, -0.05) is 28.1 Å². The summed E-state index contributed by atoms with van der Waals surface area (Å²) in [7, 11) is 3.82. The normalized spacial score (nSPS) is 10.5. The van der Waals surface area contributed by atoms with Gasteiger partial charge in [0.25, 0.3) is 0 Å². The van der Waals surface area contributed by atoms with Crippen LogP contribution in [0.2, 0.25) is 0 Å². The number of aldehydes is 1. The van der Waals surface area contributed by atoms with Crippen LogP contribution in [-0.2, 0) is 13.6 Å². The monoisotopic (exact) mass is 321 g/mol. The summed E-state index contributed by atoms with van der Waals surface area (Å²) in [5.74, 6) is 0.840. The van der Waals surface area contributed by atoms with E-state index in [-0.39, 0.29) is 0 Å². The van der Waals surface area contributed by atoms with Gasteiger partial charge in [-0.05, 0) is 24.6 Å². The maximum atomic E-state index is 11.2. The average molecular weight is 322 g/mol. The van der Waals surface area contributed by atoms with Gasteiger partial charge in [0.05, 0.1) is 11.3 Å². The van der Waals surface area contributed by atoms with E-state index in [0.29, 0.717) is 5.56 Å². The van der Waals surface area contributed by atoms with E-state index < -0.39 is 0 Å². The van der Waals surface area contributed by atoms with Crippen LogP contribution < -0.4 is 4.90 Å². The minimum atomic E-state index is 0.653. The van der Waals surface area contributed by atoms with Crippen LogP contribution in [0.25, 0.3) is 0 Å². The van der Waals surface area contributed by atoms with Crippen LogP contribution in [0.1, 0.15) is 21.6 Å². The lowest BCUT2D eigenvalue weighted by Gasteiger charge is -2.20. The number of rotatable bonds is 4. The van der Waals surface area contributed by atoms with Crippen molar-refractivity contribution in [2.75, 3.05) is 11.9 Å². The first kappa shape index (κ1) is 13.8. The minimum Gasteiger partial charge on any atom is -0.355 e. The summed E-state index contributed by atoms with van der Waals surface area (Å²) in [6.45, 7) is 2.57. The van der Waals surface area contributed by atoms with Gasteiger partial charge in [-0.15, -0.1) is 0 Å². The second-order valence-corrected chi connectivity index (χ2v) is 5.47. The van der Waals surface area contributed by atoms with Crippen molar-refractivity contribution in [1.29, 1.82) is 0 Å². The molecule has 100 valence electrons. The molecule has 0 amide bonds. The first-order valence-corrected chi connectivity index (χ1v) is 6.76. The maximum Gasteiger partial charge on any atom is 0.155 e. The standard InChI is InChI=1S/C14H16BrN3O/c1-10-13(9-19)14(18(3)16-10)17(2)8-11-5-4-6-12(15)7-11/h4-7,9H,8H2,1-3H3. The van der Waals surface area contributed by atoms with Crippen LogP contribution >= 0.6 is 15.9 Å². The molecule has 0 unspecified atom stereocenters. The van der Waals surface area contributed by atoms with E-state index in [0.717, 1.165) is 28.8 Å².